The predicted molar refractivity (Wildman–Crippen MR) is 114 cm³/mol. The fraction of sp³-hybridized carbons (Fsp3) is 0.125. The number of ether oxygens (including phenoxy) is 1. The van der Waals surface area contributed by atoms with Crippen LogP contribution in [0.15, 0.2) is 76.5 Å². The Morgan fingerprint density at radius 3 is 2.61 bits per heavy atom. The highest BCUT2D eigenvalue weighted by molar-refractivity contribution is 7.99. The summed E-state index contributed by atoms with van der Waals surface area (Å²) >= 11 is 1.75. The lowest BCUT2D eigenvalue weighted by molar-refractivity contribution is 0.0529. The molecule has 0 atom stereocenters. The highest BCUT2D eigenvalue weighted by atomic mass is 32.2. The Morgan fingerprint density at radius 1 is 1.00 bits per heavy atom. The molecule has 138 valence electrons. The number of rotatable bonds is 3. The van der Waals surface area contributed by atoms with E-state index in [1.54, 1.807) is 11.8 Å². The van der Waals surface area contributed by atoms with Gasteiger partial charge in [0.1, 0.15) is 0 Å². The first kappa shape index (κ1) is 17.1. The zero-order valence-corrected chi connectivity index (χ0v) is 16.5. The molecule has 0 saturated carbocycles. The van der Waals surface area contributed by atoms with Crippen molar-refractivity contribution in [1.29, 1.82) is 0 Å². The van der Waals surface area contributed by atoms with E-state index < -0.39 is 0 Å². The van der Waals surface area contributed by atoms with Crippen LogP contribution in [-0.4, -0.2) is 17.1 Å². The summed E-state index contributed by atoms with van der Waals surface area (Å²) in [7, 11) is 0. The van der Waals surface area contributed by atoms with Gasteiger partial charge in [0.15, 0.2) is 0 Å². The molecule has 0 amide bonds. The van der Waals surface area contributed by atoms with Crippen molar-refractivity contribution in [2.24, 2.45) is 0 Å². The van der Waals surface area contributed by atoms with E-state index in [0.717, 1.165) is 32.7 Å². The molecule has 1 aliphatic rings. The SMILES string of the molecule is CCOC(=O)c1c(-c2ccccc2)n2c3c(cccc13)Sc1ccc(C)cc1-2. The summed E-state index contributed by atoms with van der Waals surface area (Å²) in [5.74, 6) is -0.275. The predicted octanol–water partition coefficient (Wildman–Crippen LogP) is 6.25. The Bertz CT molecular complexity index is 1220. The van der Waals surface area contributed by atoms with Crippen LogP contribution in [0.1, 0.15) is 22.8 Å². The summed E-state index contributed by atoms with van der Waals surface area (Å²) < 4.78 is 7.71. The number of fused-ring (bicyclic) bond motifs is 2. The smallest absolute Gasteiger partial charge is 0.340 e. The zero-order chi connectivity index (χ0) is 19.3. The van der Waals surface area contributed by atoms with Crippen molar-refractivity contribution in [3.8, 4) is 16.9 Å². The molecule has 0 aliphatic carbocycles. The van der Waals surface area contributed by atoms with Crippen molar-refractivity contribution >= 4 is 28.6 Å². The minimum atomic E-state index is -0.275. The molecular formula is C24H19NO2S. The van der Waals surface area contributed by atoms with E-state index in [9.17, 15) is 4.79 Å². The molecule has 0 saturated heterocycles. The molecule has 2 heterocycles. The molecular weight excluding hydrogens is 366 g/mol. The molecule has 5 rings (SSSR count). The number of para-hydroxylation sites is 1. The van der Waals surface area contributed by atoms with E-state index in [2.05, 4.69) is 47.9 Å². The third-order valence-corrected chi connectivity index (χ3v) is 6.17. The molecule has 0 spiro atoms. The normalized spacial score (nSPS) is 12.1. The van der Waals surface area contributed by atoms with E-state index in [0.29, 0.717) is 12.2 Å². The average Bonchev–Trinajstić information content (AvgIpc) is 3.06. The van der Waals surface area contributed by atoms with Gasteiger partial charge in [-0.3, -0.25) is 0 Å². The van der Waals surface area contributed by atoms with Gasteiger partial charge in [-0.1, -0.05) is 60.3 Å². The monoisotopic (exact) mass is 385 g/mol. The molecule has 1 aromatic heterocycles. The Morgan fingerprint density at radius 2 is 1.82 bits per heavy atom. The van der Waals surface area contributed by atoms with Gasteiger partial charge in [0.25, 0.3) is 0 Å². The third kappa shape index (κ3) is 2.49. The van der Waals surface area contributed by atoms with Crippen LogP contribution in [-0.2, 0) is 4.74 Å². The van der Waals surface area contributed by atoms with Crippen molar-refractivity contribution in [2.45, 2.75) is 23.6 Å². The Kier molecular flexibility index (Phi) is 4.02. The summed E-state index contributed by atoms with van der Waals surface area (Å²) in [6, 6.07) is 22.8. The van der Waals surface area contributed by atoms with Crippen LogP contribution in [0, 0.1) is 6.92 Å². The molecule has 0 unspecified atom stereocenters. The van der Waals surface area contributed by atoms with Crippen LogP contribution in [0.3, 0.4) is 0 Å². The summed E-state index contributed by atoms with van der Waals surface area (Å²) in [6.45, 7) is 4.29. The molecule has 0 fully saturated rings. The first-order valence-electron chi connectivity index (χ1n) is 9.38. The van der Waals surface area contributed by atoms with Gasteiger partial charge in [-0.25, -0.2) is 4.79 Å². The highest BCUT2D eigenvalue weighted by Gasteiger charge is 2.30. The summed E-state index contributed by atoms with van der Waals surface area (Å²) in [4.78, 5) is 15.4. The molecule has 3 nitrogen and oxygen atoms in total. The number of esters is 1. The largest absolute Gasteiger partial charge is 0.462 e. The van der Waals surface area contributed by atoms with Crippen LogP contribution in [0.2, 0.25) is 0 Å². The van der Waals surface area contributed by atoms with Crippen molar-refractivity contribution < 1.29 is 9.53 Å². The number of aromatic nitrogens is 1. The van der Waals surface area contributed by atoms with Gasteiger partial charge in [-0.05, 0) is 43.2 Å². The van der Waals surface area contributed by atoms with Gasteiger partial charge < -0.3 is 9.30 Å². The van der Waals surface area contributed by atoms with Gasteiger partial charge >= 0.3 is 5.97 Å². The maximum atomic E-state index is 13.1. The second-order valence-corrected chi connectivity index (χ2v) is 7.95. The Hall–Kier alpha value is -2.98. The summed E-state index contributed by atoms with van der Waals surface area (Å²) in [5, 5.41) is 0.939. The van der Waals surface area contributed by atoms with E-state index in [1.165, 1.54) is 10.5 Å². The van der Waals surface area contributed by atoms with Crippen molar-refractivity contribution in [1.82, 2.24) is 4.57 Å². The van der Waals surface area contributed by atoms with E-state index in [4.69, 9.17) is 4.74 Å². The average molecular weight is 385 g/mol. The molecule has 28 heavy (non-hydrogen) atoms. The van der Waals surface area contributed by atoms with E-state index in [-0.39, 0.29) is 5.97 Å². The Balaban J connectivity index is 1.97. The Labute approximate surface area is 167 Å². The van der Waals surface area contributed by atoms with Crippen LogP contribution in [0.5, 0.6) is 0 Å². The van der Waals surface area contributed by atoms with Crippen LogP contribution >= 0.6 is 11.8 Å². The van der Waals surface area contributed by atoms with Gasteiger partial charge in [0.2, 0.25) is 0 Å². The molecule has 4 heteroatoms. The lowest BCUT2D eigenvalue weighted by atomic mass is 10.1. The molecule has 0 N–H and O–H groups in total. The number of hydrogen-bond donors (Lipinski definition) is 0. The minimum Gasteiger partial charge on any atom is -0.462 e. The number of nitrogens with zero attached hydrogens (tertiary/aromatic N) is 1. The first-order valence-corrected chi connectivity index (χ1v) is 10.2. The summed E-state index contributed by atoms with van der Waals surface area (Å²) in [5.41, 5.74) is 5.92. The first-order chi connectivity index (χ1) is 13.7. The van der Waals surface area contributed by atoms with Crippen LogP contribution in [0.25, 0.3) is 27.8 Å². The molecule has 1 aliphatic heterocycles. The number of carbonyl (C=O) groups excluding carboxylic acids is 1. The van der Waals surface area contributed by atoms with E-state index in [1.807, 2.05) is 37.3 Å². The number of benzene rings is 3. The van der Waals surface area contributed by atoms with Crippen LogP contribution < -0.4 is 0 Å². The van der Waals surface area contributed by atoms with Gasteiger partial charge in [0, 0.05) is 15.2 Å². The quantitative estimate of drug-likeness (QED) is 0.344. The van der Waals surface area contributed by atoms with Crippen molar-refractivity contribution in [3.63, 3.8) is 0 Å². The molecule has 0 bridgehead atoms. The standard InChI is InChI=1S/C24H19NO2S/c1-3-27-24(26)21-17-10-7-11-20-23(17)25(22(21)16-8-5-4-6-9-16)18-14-15(2)12-13-19(18)28-20/h4-14H,3H2,1-2H3. The number of aryl methyl sites for hydroxylation is 1. The fourth-order valence-corrected chi connectivity index (χ4v) is 4.99. The maximum Gasteiger partial charge on any atom is 0.340 e. The van der Waals surface area contributed by atoms with Crippen molar-refractivity contribution in [3.05, 3.63) is 77.9 Å². The second-order valence-electron chi connectivity index (χ2n) is 6.87. The maximum absolute atomic E-state index is 13.1. The van der Waals surface area contributed by atoms with Crippen LogP contribution in [0.4, 0.5) is 0 Å². The van der Waals surface area contributed by atoms with Gasteiger partial charge in [-0.2, -0.15) is 0 Å². The highest BCUT2D eigenvalue weighted by Crippen LogP contribution is 2.48. The van der Waals surface area contributed by atoms with E-state index >= 15 is 0 Å². The topological polar surface area (TPSA) is 31.2 Å². The molecule has 0 radical (unpaired) electrons. The molecule has 3 aromatic carbocycles. The number of carbonyl (C=O) groups is 1. The summed E-state index contributed by atoms with van der Waals surface area (Å²) in [6.07, 6.45) is 0. The lowest BCUT2D eigenvalue weighted by Gasteiger charge is -2.22. The van der Waals surface area contributed by atoms with Gasteiger partial charge in [0.05, 0.1) is 29.1 Å². The minimum absolute atomic E-state index is 0.275. The fourth-order valence-electron chi connectivity index (χ4n) is 3.92. The lowest BCUT2D eigenvalue weighted by Crippen LogP contribution is -2.08. The second kappa shape index (κ2) is 6.57. The van der Waals surface area contributed by atoms with Gasteiger partial charge in [-0.15, -0.1) is 0 Å². The van der Waals surface area contributed by atoms with Crippen molar-refractivity contribution in [2.75, 3.05) is 6.61 Å². The zero-order valence-electron chi connectivity index (χ0n) is 15.7. The molecule has 4 aromatic rings. The third-order valence-electron chi connectivity index (χ3n) is 5.05. The number of hydrogen-bond acceptors (Lipinski definition) is 3.